The number of hydrogen-bond acceptors (Lipinski definition) is 1. The molecule has 1 atom stereocenters. The van der Waals surface area contributed by atoms with Crippen LogP contribution in [0.4, 0.5) is 0 Å². The molecule has 4 heteroatoms. The molecule has 0 N–H and O–H groups in total. The Bertz CT molecular complexity index is 917. The standard InChI is InChI=1S/C25H38N2SeSi/c1-17-18(2)20(4)25(11,19(17)3)29(28)26(23(5,6)7)22(27(29)24(8,9)10)21-15-13-12-14-16-21/h12-16H,1-11H3. The van der Waals surface area contributed by atoms with Gasteiger partial charge in [-0.2, -0.15) is 0 Å². The zero-order valence-corrected chi connectivity index (χ0v) is 22.9. The Labute approximate surface area is 187 Å². The molecule has 0 fully saturated rings. The average molecular weight is 474 g/mol. The third-order valence-electron chi connectivity index (χ3n) is 7.24. The summed E-state index contributed by atoms with van der Waals surface area (Å²) in [5.41, 5.74) is 7.39. The molecule has 158 valence electrons. The molecular weight excluding hydrogens is 435 g/mol. The summed E-state index contributed by atoms with van der Waals surface area (Å²) in [6.07, 6.45) is 0. The molecular formula is C25H38N2SeSi. The van der Waals surface area contributed by atoms with E-state index in [9.17, 15) is 0 Å². The molecule has 0 amide bonds. The molecule has 1 aliphatic carbocycles. The Morgan fingerprint density at radius 2 is 1.31 bits per heavy atom. The Morgan fingerprint density at radius 3 is 1.69 bits per heavy atom. The first-order valence-electron chi connectivity index (χ1n) is 10.7. The molecule has 0 saturated carbocycles. The molecule has 0 bridgehead atoms. The van der Waals surface area contributed by atoms with Crippen molar-refractivity contribution in [1.82, 2.24) is 4.57 Å². The summed E-state index contributed by atoms with van der Waals surface area (Å²) in [6, 6.07) is 11.0. The number of benzene rings is 1. The van der Waals surface area contributed by atoms with E-state index in [4.69, 9.17) is 0 Å². The molecule has 1 aromatic carbocycles. The van der Waals surface area contributed by atoms with Gasteiger partial charge in [-0.1, -0.05) is 0 Å². The fraction of sp³-hybridized carbons (Fsp3) is 0.560. The second-order valence-corrected chi connectivity index (χ2v) is 17.6. The average Bonchev–Trinajstić information content (AvgIpc) is 2.74. The van der Waals surface area contributed by atoms with Crippen molar-refractivity contribution in [3.63, 3.8) is 0 Å². The van der Waals surface area contributed by atoms with E-state index in [0.717, 1.165) is 0 Å². The van der Waals surface area contributed by atoms with Crippen molar-refractivity contribution in [1.29, 1.82) is 0 Å². The van der Waals surface area contributed by atoms with Gasteiger partial charge in [0, 0.05) is 0 Å². The summed E-state index contributed by atoms with van der Waals surface area (Å²) in [5.74, 6) is 1.38. The predicted molar refractivity (Wildman–Crippen MR) is 129 cm³/mol. The zero-order chi connectivity index (χ0) is 22.2. The number of amidine groups is 1. The van der Waals surface area contributed by atoms with Crippen LogP contribution in [0.3, 0.4) is 0 Å². The van der Waals surface area contributed by atoms with Crippen molar-refractivity contribution >= 4 is 28.2 Å². The molecule has 0 radical (unpaired) electrons. The van der Waals surface area contributed by atoms with Crippen LogP contribution in [0.15, 0.2) is 52.6 Å². The van der Waals surface area contributed by atoms with Crippen LogP contribution in [0.5, 0.6) is 0 Å². The van der Waals surface area contributed by atoms with E-state index in [-0.39, 0.29) is 16.1 Å². The molecule has 0 spiro atoms. The summed E-state index contributed by atoms with van der Waals surface area (Å²) in [5, 5.41) is 0.0278. The van der Waals surface area contributed by atoms with Gasteiger partial charge in [0.05, 0.1) is 0 Å². The maximum absolute atomic E-state index is 3.89. The van der Waals surface area contributed by atoms with Crippen LogP contribution in [-0.4, -0.2) is 48.1 Å². The van der Waals surface area contributed by atoms with Crippen molar-refractivity contribution in [3.05, 3.63) is 58.2 Å². The molecule has 1 aromatic rings. The van der Waals surface area contributed by atoms with Crippen LogP contribution in [-0.2, 0) is 0 Å². The van der Waals surface area contributed by atoms with Crippen molar-refractivity contribution < 1.29 is 4.24 Å². The molecule has 0 aromatic heterocycles. The van der Waals surface area contributed by atoms with Crippen molar-refractivity contribution in [3.8, 4) is 0 Å². The van der Waals surface area contributed by atoms with E-state index >= 15 is 0 Å². The summed E-state index contributed by atoms with van der Waals surface area (Å²) in [7, 11) is -2.28. The van der Waals surface area contributed by atoms with Gasteiger partial charge in [0.2, 0.25) is 0 Å². The van der Waals surface area contributed by atoms with Crippen molar-refractivity contribution in [2.75, 3.05) is 0 Å². The first kappa shape index (κ1) is 22.6. The van der Waals surface area contributed by atoms with Gasteiger partial charge in [0.15, 0.2) is 0 Å². The third-order valence-corrected chi connectivity index (χ3v) is 17.1. The first-order valence-corrected chi connectivity index (χ1v) is 15.1. The van der Waals surface area contributed by atoms with E-state index in [0.29, 0.717) is 0 Å². The summed E-state index contributed by atoms with van der Waals surface area (Å²) < 4.78 is 5.55. The fourth-order valence-corrected chi connectivity index (χ4v) is 17.0. The van der Waals surface area contributed by atoms with Gasteiger partial charge in [0.1, 0.15) is 0 Å². The maximum atomic E-state index is 3.89. The molecule has 29 heavy (non-hydrogen) atoms. The van der Waals surface area contributed by atoms with E-state index in [1.807, 2.05) is 0 Å². The zero-order valence-electron chi connectivity index (χ0n) is 20.2. The summed E-state index contributed by atoms with van der Waals surface area (Å²) in [4.78, 5) is 0. The molecule has 0 unspecified atom stereocenters. The summed E-state index contributed by atoms with van der Waals surface area (Å²) >= 11 is 3.89. The summed E-state index contributed by atoms with van der Waals surface area (Å²) in [6.45, 7) is 26.0. The Kier molecular flexibility index (Phi) is 5.22. The minimum absolute atomic E-state index is 0.0262. The number of nitrogens with zero attached hydrogens (tertiary/aromatic N) is 2. The number of hydrogen-bond donors (Lipinski definition) is 0. The minimum atomic E-state index is -2.28. The Hall–Kier alpha value is -1.09. The SMILES string of the molecule is CC1=C(C)C(C)([Si@]2([Se-])N(C(C)(C)C)C(c3ccccc3)=[N+]2C(C)(C)C)C(C)=C1C. The predicted octanol–water partition coefficient (Wildman–Crippen LogP) is 5.91. The van der Waals surface area contributed by atoms with Crippen LogP contribution in [0.25, 0.3) is 0 Å². The van der Waals surface area contributed by atoms with Crippen molar-refractivity contribution in [2.45, 2.75) is 92.3 Å². The molecule has 2 aliphatic rings. The van der Waals surface area contributed by atoms with Gasteiger partial charge in [-0.3, -0.25) is 0 Å². The second-order valence-electron chi connectivity index (χ2n) is 10.9. The van der Waals surface area contributed by atoms with Crippen LogP contribution in [0, 0.1) is 0 Å². The van der Waals surface area contributed by atoms with Crippen LogP contribution in [0.2, 0.25) is 5.04 Å². The Balaban J connectivity index is 2.43. The van der Waals surface area contributed by atoms with Crippen molar-refractivity contribution in [2.24, 2.45) is 0 Å². The number of rotatable bonds is 2. The molecule has 0 saturated heterocycles. The van der Waals surface area contributed by atoms with E-state index in [1.54, 1.807) is 0 Å². The van der Waals surface area contributed by atoms with Crippen LogP contribution in [0.1, 0.15) is 81.7 Å². The Morgan fingerprint density at radius 1 is 0.862 bits per heavy atom. The van der Waals surface area contributed by atoms with Gasteiger partial charge in [-0.25, -0.2) is 0 Å². The van der Waals surface area contributed by atoms with E-state index in [2.05, 4.69) is 131 Å². The topological polar surface area (TPSA) is 6.25 Å². The quantitative estimate of drug-likeness (QED) is 0.484. The molecule has 2 nitrogen and oxygen atoms in total. The van der Waals surface area contributed by atoms with Gasteiger partial charge in [0.25, 0.3) is 0 Å². The first-order chi connectivity index (χ1) is 13.1. The molecule has 3 rings (SSSR count). The number of allylic oxidation sites excluding steroid dienone is 4. The second kappa shape index (κ2) is 6.70. The monoisotopic (exact) mass is 474 g/mol. The van der Waals surface area contributed by atoms with Gasteiger partial charge < -0.3 is 0 Å². The van der Waals surface area contributed by atoms with Gasteiger partial charge >= 0.3 is 187 Å². The normalized spacial score (nSPS) is 25.2. The molecule has 1 heterocycles. The van der Waals surface area contributed by atoms with Crippen LogP contribution >= 0.6 is 0 Å². The third kappa shape index (κ3) is 2.90. The van der Waals surface area contributed by atoms with Crippen LogP contribution < -0.4 is 0 Å². The molecule has 1 aliphatic heterocycles. The van der Waals surface area contributed by atoms with E-state index < -0.39 is 7.00 Å². The fourth-order valence-electron chi connectivity index (χ4n) is 5.36. The van der Waals surface area contributed by atoms with Gasteiger partial charge in [-0.15, -0.1) is 0 Å². The van der Waals surface area contributed by atoms with E-state index in [1.165, 1.54) is 33.7 Å². The van der Waals surface area contributed by atoms with Gasteiger partial charge in [-0.05, 0) is 0 Å².